The van der Waals surface area contributed by atoms with Gasteiger partial charge in [-0.1, -0.05) is 25.5 Å². The van der Waals surface area contributed by atoms with Crippen LogP contribution in [0.3, 0.4) is 0 Å². The SMILES string of the molecule is CCCCc1ccc2ccccc2[n+]1CC. The van der Waals surface area contributed by atoms with Crippen LogP contribution in [-0.2, 0) is 13.0 Å². The lowest BCUT2D eigenvalue weighted by Gasteiger charge is -2.05. The standard InChI is InChI=1S/C15H20N/c1-3-5-9-14-12-11-13-8-6-7-10-15(13)16(14)4-2/h6-8,10-12H,3-5,9H2,1-2H3/q+1. The molecule has 0 bridgehead atoms. The van der Waals surface area contributed by atoms with Crippen LogP contribution in [0.5, 0.6) is 0 Å². The number of hydrogen-bond donors (Lipinski definition) is 0. The van der Waals surface area contributed by atoms with Crippen molar-refractivity contribution in [2.45, 2.75) is 39.7 Å². The third kappa shape index (κ3) is 2.08. The topological polar surface area (TPSA) is 3.88 Å². The van der Waals surface area contributed by atoms with Gasteiger partial charge in [-0.05, 0) is 25.5 Å². The van der Waals surface area contributed by atoms with Gasteiger partial charge in [-0.25, -0.2) is 0 Å². The number of hydrogen-bond acceptors (Lipinski definition) is 0. The first-order valence-electron chi connectivity index (χ1n) is 6.27. The molecule has 1 nitrogen and oxygen atoms in total. The molecular weight excluding hydrogens is 194 g/mol. The van der Waals surface area contributed by atoms with Gasteiger partial charge in [0.2, 0.25) is 5.52 Å². The summed E-state index contributed by atoms with van der Waals surface area (Å²) >= 11 is 0. The number of rotatable bonds is 4. The van der Waals surface area contributed by atoms with Gasteiger partial charge < -0.3 is 0 Å². The van der Waals surface area contributed by atoms with E-state index in [9.17, 15) is 0 Å². The Balaban J connectivity index is 2.50. The predicted molar refractivity (Wildman–Crippen MR) is 68.4 cm³/mol. The monoisotopic (exact) mass is 214 g/mol. The summed E-state index contributed by atoms with van der Waals surface area (Å²) in [6.07, 6.45) is 3.73. The van der Waals surface area contributed by atoms with Crippen LogP contribution in [0.1, 0.15) is 32.4 Å². The Kier molecular flexibility index (Phi) is 3.55. The molecule has 1 aromatic heterocycles. The molecule has 0 aliphatic heterocycles. The van der Waals surface area contributed by atoms with Gasteiger partial charge in [0, 0.05) is 23.9 Å². The second-order valence-corrected chi connectivity index (χ2v) is 4.23. The summed E-state index contributed by atoms with van der Waals surface area (Å²) in [6.45, 7) is 5.53. The average molecular weight is 214 g/mol. The first-order chi connectivity index (χ1) is 7.86. The zero-order valence-electron chi connectivity index (χ0n) is 10.2. The van der Waals surface area contributed by atoms with Crippen LogP contribution < -0.4 is 4.57 Å². The molecule has 0 saturated carbocycles. The minimum Gasteiger partial charge on any atom is -0.196 e. The zero-order valence-corrected chi connectivity index (χ0v) is 10.2. The van der Waals surface area contributed by atoms with Gasteiger partial charge in [0.25, 0.3) is 0 Å². The van der Waals surface area contributed by atoms with Gasteiger partial charge in [0.05, 0.1) is 0 Å². The fourth-order valence-corrected chi connectivity index (χ4v) is 2.25. The molecule has 0 radical (unpaired) electrons. The molecule has 2 rings (SSSR count). The maximum atomic E-state index is 2.44. The van der Waals surface area contributed by atoms with Gasteiger partial charge in [-0.15, -0.1) is 0 Å². The molecule has 16 heavy (non-hydrogen) atoms. The van der Waals surface area contributed by atoms with E-state index in [-0.39, 0.29) is 0 Å². The molecule has 0 atom stereocenters. The largest absolute Gasteiger partial charge is 0.212 e. The Morgan fingerprint density at radius 2 is 1.81 bits per heavy atom. The van der Waals surface area contributed by atoms with Crippen molar-refractivity contribution in [2.75, 3.05) is 0 Å². The van der Waals surface area contributed by atoms with E-state index in [4.69, 9.17) is 0 Å². The highest BCUT2D eigenvalue weighted by atomic mass is 15.0. The molecule has 1 aromatic carbocycles. The Hall–Kier alpha value is -1.37. The third-order valence-electron chi connectivity index (χ3n) is 3.13. The predicted octanol–water partition coefficient (Wildman–Crippen LogP) is 3.49. The molecule has 0 fully saturated rings. The fraction of sp³-hybridized carbons (Fsp3) is 0.400. The van der Waals surface area contributed by atoms with E-state index >= 15 is 0 Å². The van der Waals surface area contributed by atoms with E-state index < -0.39 is 0 Å². The van der Waals surface area contributed by atoms with E-state index in [1.807, 2.05) is 0 Å². The summed E-state index contributed by atoms with van der Waals surface area (Å²) < 4.78 is 2.44. The number of benzene rings is 1. The van der Waals surface area contributed by atoms with Crippen molar-refractivity contribution >= 4 is 10.9 Å². The highest BCUT2D eigenvalue weighted by Gasteiger charge is 2.12. The van der Waals surface area contributed by atoms with Crippen LogP contribution in [0.2, 0.25) is 0 Å². The van der Waals surface area contributed by atoms with Gasteiger partial charge >= 0.3 is 0 Å². The maximum absolute atomic E-state index is 2.44. The summed E-state index contributed by atoms with van der Waals surface area (Å²) in [4.78, 5) is 0. The quantitative estimate of drug-likeness (QED) is 0.686. The van der Waals surface area contributed by atoms with Crippen molar-refractivity contribution < 1.29 is 4.57 Å². The lowest BCUT2D eigenvalue weighted by molar-refractivity contribution is -0.675. The highest BCUT2D eigenvalue weighted by molar-refractivity contribution is 5.75. The van der Waals surface area contributed by atoms with Crippen molar-refractivity contribution in [1.82, 2.24) is 0 Å². The van der Waals surface area contributed by atoms with Gasteiger partial charge in [0.15, 0.2) is 5.69 Å². The molecule has 0 aliphatic rings. The Morgan fingerprint density at radius 1 is 1.00 bits per heavy atom. The lowest BCUT2D eigenvalue weighted by Crippen LogP contribution is -2.38. The van der Waals surface area contributed by atoms with Crippen molar-refractivity contribution in [3.05, 3.63) is 42.1 Å². The van der Waals surface area contributed by atoms with Crippen LogP contribution in [0, 0.1) is 0 Å². The Bertz CT molecular complexity index is 474. The van der Waals surface area contributed by atoms with Crippen LogP contribution in [-0.4, -0.2) is 0 Å². The fourth-order valence-electron chi connectivity index (χ4n) is 2.25. The van der Waals surface area contributed by atoms with Crippen LogP contribution in [0.15, 0.2) is 36.4 Å². The normalized spacial score (nSPS) is 10.9. The highest BCUT2D eigenvalue weighted by Crippen LogP contribution is 2.11. The molecular formula is C15H20N+. The number of aromatic nitrogens is 1. The van der Waals surface area contributed by atoms with Crippen LogP contribution in [0.25, 0.3) is 10.9 Å². The number of pyridine rings is 1. The molecule has 1 heterocycles. The van der Waals surface area contributed by atoms with E-state index in [2.05, 4.69) is 54.8 Å². The molecule has 84 valence electrons. The van der Waals surface area contributed by atoms with E-state index in [1.165, 1.54) is 35.9 Å². The van der Waals surface area contributed by atoms with E-state index in [0.29, 0.717) is 0 Å². The summed E-state index contributed by atoms with van der Waals surface area (Å²) in [5.41, 5.74) is 2.82. The smallest absolute Gasteiger partial charge is 0.196 e. The zero-order chi connectivity index (χ0) is 11.4. The molecule has 0 saturated heterocycles. The summed E-state index contributed by atoms with van der Waals surface area (Å²) in [5, 5.41) is 1.34. The van der Waals surface area contributed by atoms with Crippen LogP contribution in [0.4, 0.5) is 0 Å². The molecule has 0 spiro atoms. The Morgan fingerprint density at radius 3 is 2.56 bits per heavy atom. The van der Waals surface area contributed by atoms with Crippen LogP contribution >= 0.6 is 0 Å². The van der Waals surface area contributed by atoms with Crippen molar-refractivity contribution in [3.63, 3.8) is 0 Å². The lowest BCUT2D eigenvalue weighted by atomic mass is 10.1. The van der Waals surface area contributed by atoms with Gasteiger partial charge in [-0.2, -0.15) is 4.57 Å². The van der Waals surface area contributed by atoms with Crippen molar-refractivity contribution in [1.29, 1.82) is 0 Å². The maximum Gasteiger partial charge on any atom is 0.212 e. The van der Waals surface area contributed by atoms with E-state index in [0.717, 1.165) is 6.54 Å². The molecule has 0 N–H and O–H groups in total. The number of aryl methyl sites for hydroxylation is 2. The van der Waals surface area contributed by atoms with Crippen molar-refractivity contribution in [2.24, 2.45) is 0 Å². The van der Waals surface area contributed by atoms with Crippen molar-refractivity contribution in [3.8, 4) is 0 Å². The average Bonchev–Trinajstić information content (AvgIpc) is 2.35. The second kappa shape index (κ2) is 5.11. The minimum absolute atomic E-state index is 1.06. The Labute approximate surface area is 97.7 Å². The van der Waals surface area contributed by atoms with Gasteiger partial charge in [-0.3, -0.25) is 0 Å². The second-order valence-electron chi connectivity index (χ2n) is 4.23. The van der Waals surface area contributed by atoms with Gasteiger partial charge in [0.1, 0.15) is 6.54 Å². The van der Waals surface area contributed by atoms with E-state index in [1.54, 1.807) is 0 Å². The molecule has 0 aliphatic carbocycles. The number of unbranched alkanes of at least 4 members (excludes halogenated alkanes) is 1. The molecule has 0 amide bonds. The minimum atomic E-state index is 1.06. The third-order valence-corrected chi connectivity index (χ3v) is 3.13. The molecule has 0 unspecified atom stereocenters. The summed E-state index contributed by atoms with van der Waals surface area (Å²) in [5.74, 6) is 0. The number of fused-ring (bicyclic) bond motifs is 1. The number of nitrogens with zero attached hydrogens (tertiary/aromatic N) is 1. The summed E-state index contributed by atoms with van der Waals surface area (Å²) in [6, 6.07) is 13.2. The summed E-state index contributed by atoms with van der Waals surface area (Å²) in [7, 11) is 0. The number of para-hydroxylation sites is 1. The first-order valence-corrected chi connectivity index (χ1v) is 6.27. The molecule has 2 aromatic rings. The molecule has 1 heteroatoms. The first kappa shape index (κ1) is 11.1.